The molecule has 0 aromatic heterocycles. The normalized spacial score (nSPS) is 11.8. The van der Waals surface area contributed by atoms with Crippen LogP contribution in [0.15, 0.2) is 50.6 Å². The van der Waals surface area contributed by atoms with E-state index in [1.165, 1.54) is 0 Å². The lowest BCUT2D eigenvalue weighted by Gasteiger charge is -2.35. The molecule has 0 saturated heterocycles. The van der Waals surface area contributed by atoms with Gasteiger partial charge in [-0.15, -0.1) is 0 Å². The van der Waals surface area contributed by atoms with Gasteiger partial charge in [0.2, 0.25) is 0 Å². The van der Waals surface area contributed by atoms with Gasteiger partial charge in [-0.25, -0.2) is 0 Å². The van der Waals surface area contributed by atoms with E-state index >= 15 is 0 Å². The smallest absolute Gasteiger partial charge is 0.311 e. The standard InChI is InChI=1S/C12H20N.C4H6F4O3S/c1-5-9-13(10-6-2,11-7-3)12-8-4;5-4(6,7)2-1-3-12(9,10)11-8/h5-8H,1-4,9-12H2;1-3H2/q+1;. The molecule has 0 rings (SSSR count). The Bertz CT molecular complexity index is 470. The number of halogens is 4. The third-order valence-electron chi connectivity index (χ3n) is 3.02. The molecular weight excluding hydrogens is 362 g/mol. The summed E-state index contributed by atoms with van der Waals surface area (Å²) in [7, 11) is -4.41. The molecule has 0 amide bonds. The third kappa shape index (κ3) is 14.6. The molecule has 0 N–H and O–H groups in total. The van der Waals surface area contributed by atoms with Gasteiger partial charge < -0.3 is 4.48 Å². The monoisotopic (exact) mass is 388 g/mol. The van der Waals surface area contributed by atoms with Crippen molar-refractivity contribution in [1.29, 1.82) is 0 Å². The summed E-state index contributed by atoms with van der Waals surface area (Å²) in [6.07, 6.45) is 1.37. The number of rotatable bonds is 12. The van der Waals surface area contributed by atoms with Gasteiger partial charge in [0.15, 0.2) is 0 Å². The lowest BCUT2D eigenvalue weighted by molar-refractivity contribution is -0.906. The Morgan fingerprint density at radius 3 is 1.48 bits per heavy atom. The maximum atomic E-state index is 11.4. The third-order valence-corrected chi connectivity index (χ3v) is 4.00. The summed E-state index contributed by atoms with van der Waals surface area (Å²) >= 11 is 0. The van der Waals surface area contributed by atoms with E-state index in [0.29, 0.717) is 0 Å². The van der Waals surface area contributed by atoms with E-state index in [4.69, 9.17) is 0 Å². The number of quaternary nitrogens is 1. The molecule has 0 aliphatic heterocycles. The van der Waals surface area contributed by atoms with Gasteiger partial charge in [0.05, 0.1) is 31.9 Å². The van der Waals surface area contributed by atoms with Gasteiger partial charge in [-0.2, -0.15) is 21.6 Å². The van der Waals surface area contributed by atoms with E-state index in [0.717, 1.165) is 30.7 Å². The summed E-state index contributed by atoms with van der Waals surface area (Å²) < 4.78 is 68.8. The van der Waals surface area contributed by atoms with Crippen molar-refractivity contribution in [2.75, 3.05) is 31.9 Å². The molecule has 0 aromatic rings. The molecule has 0 heterocycles. The number of hydrogen-bond acceptors (Lipinski definition) is 3. The van der Waals surface area contributed by atoms with Crippen LogP contribution in [0.3, 0.4) is 0 Å². The van der Waals surface area contributed by atoms with E-state index in [-0.39, 0.29) is 0 Å². The van der Waals surface area contributed by atoms with Crippen molar-refractivity contribution >= 4 is 10.1 Å². The Kier molecular flexibility index (Phi) is 13.3. The quantitative estimate of drug-likeness (QED) is 0.287. The van der Waals surface area contributed by atoms with Crippen LogP contribution in [0.1, 0.15) is 12.8 Å². The molecule has 25 heavy (non-hydrogen) atoms. The Morgan fingerprint density at radius 1 is 0.880 bits per heavy atom. The molecule has 9 heteroatoms. The average molecular weight is 388 g/mol. The van der Waals surface area contributed by atoms with Crippen LogP contribution < -0.4 is 0 Å². The molecule has 0 bridgehead atoms. The SMILES string of the molecule is C=CC[N+](CC=C)(CC=C)CC=C.O=S(=O)(CCCC(F)(F)F)OF. The minimum Gasteiger partial charge on any atom is -0.311 e. The van der Waals surface area contributed by atoms with Gasteiger partial charge >= 0.3 is 6.18 Å². The van der Waals surface area contributed by atoms with Crippen molar-refractivity contribution in [3.05, 3.63) is 50.6 Å². The van der Waals surface area contributed by atoms with Crippen molar-refractivity contribution in [3.63, 3.8) is 0 Å². The first kappa shape index (κ1) is 25.8. The Morgan fingerprint density at radius 2 is 1.24 bits per heavy atom. The molecule has 146 valence electrons. The first-order valence-corrected chi connectivity index (χ1v) is 8.97. The summed E-state index contributed by atoms with van der Waals surface area (Å²) in [5, 5.41) is 0. The van der Waals surface area contributed by atoms with Crippen LogP contribution in [0.2, 0.25) is 0 Å². The summed E-state index contributed by atoms with van der Waals surface area (Å²) in [5.74, 6) is -0.969. The number of hydrogen-bond donors (Lipinski definition) is 0. The fourth-order valence-corrected chi connectivity index (χ4v) is 2.58. The van der Waals surface area contributed by atoms with Gasteiger partial charge in [0.25, 0.3) is 10.1 Å². The maximum absolute atomic E-state index is 11.4. The largest absolute Gasteiger partial charge is 0.389 e. The summed E-state index contributed by atoms with van der Waals surface area (Å²) in [4.78, 5) is 0. The van der Waals surface area contributed by atoms with Crippen LogP contribution in [0.5, 0.6) is 0 Å². The zero-order chi connectivity index (χ0) is 20.0. The van der Waals surface area contributed by atoms with E-state index in [2.05, 4.69) is 30.7 Å². The summed E-state index contributed by atoms with van der Waals surface area (Å²) in [6.45, 7) is 18.8. The van der Waals surface area contributed by atoms with Gasteiger partial charge in [-0.1, -0.05) is 30.7 Å². The highest BCUT2D eigenvalue weighted by atomic mass is 32.2. The second-order valence-electron chi connectivity index (χ2n) is 5.27. The molecule has 0 radical (unpaired) electrons. The van der Waals surface area contributed by atoms with Crippen LogP contribution in [0, 0.1) is 0 Å². The molecular formula is C16H26F4NO3S+. The number of nitrogens with zero attached hydrogens (tertiary/aromatic N) is 1. The Balaban J connectivity index is 0. The van der Waals surface area contributed by atoms with Crippen molar-refractivity contribution in [2.24, 2.45) is 0 Å². The van der Waals surface area contributed by atoms with Gasteiger partial charge in [-0.05, 0) is 35.3 Å². The summed E-state index contributed by atoms with van der Waals surface area (Å²) in [5.41, 5.74) is 0. The average Bonchev–Trinajstić information content (AvgIpc) is 2.47. The van der Waals surface area contributed by atoms with Crippen LogP contribution >= 0.6 is 0 Å². The highest BCUT2D eigenvalue weighted by molar-refractivity contribution is 7.86. The van der Waals surface area contributed by atoms with E-state index < -0.39 is 34.9 Å². The molecule has 0 aliphatic rings. The van der Waals surface area contributed by atoms with Crippen molar-refractivity contribution in [3.8, 4) is 0 Å². The second kappa shape index (κ2) is 12.8. The van der Waals surface area contributed by atoms with Crippen LogP contribution in [0.4, 0.5) is 17.7 Å². The molecule has 0 spiro atoms. The Hall–Kier alpha value is -1.45. The fraction of sp³-hybridized carbons (Fsp3) is 0.500. The molecule has 0 saturated carbocycles. The molecule has 0 atom stereocenters. The molecule has 0 aliphatic carbocycles. The predicted octanol–water partition coefficient (Wildman–Crippen LogP) is 4.11. The highest BCUT2D eigenvalue weighted by Gasteiger charge is 2.27. The van der Waals surface area contributed by atoms with Crippen molar-refractivity contribution in [2.45, 2.75) is 19.0 Å². The first-order valence-electron chi connectivity index (χ1n) is 7.39. The maximum Gasteiger partial charge on any atom is 0.389 e. The lowest BCUT2D eigenvalue weighted by Crippen LogP contribution is -2.48. The van der Waals surface area contributed by atoms with Crippen molar-refractivity contribution < 1.29 is 35.0 Å². The van der Waals surface area contributed by atoms with Gasteiger partial charge in [-0.3, -0.25) is 0 Å². The molecule has 0 aromatic carbocycles. The number of alkyl halides is 3. The fourth-order valence-electron chi connectivity index (χ4n) is 2.02. The zero-order valence-corrected chi connectivity index (χ0v) is 15.0. The topological polar surface area (TPSA) is 43.4 Å². The van der Waals surface area contributed by atoms with Gasteiger partial charge in [0, 0.05) is 6.42 Å². The predicted molar refractivity (Wildman–Crippen MR) is 91.8 cm³/mol. The lowest BCUT2D eigenvalue weighted by atomic mass is 10.3. The van der Waals surface area contributed by atoms with Gasteiger partial charge in [0.1, 0.15) is 0 Å². The van der Waals surface area contributed by atoms with Crippen LogP contribution in [0.25, 0.3) is 0 Å². The molecule has 4 nitrogen and oxygen atoms in total. The first-order chi connectivity index (χ1) is 11.5. The van der Waals surface area contributed by atoms with E-state index in [1.807, 2.05) is 24.3 Å². The van der Waals surface area contributed by atoms with E-state index in [9.17, 15) is 26.1 Å². The van der Waals surface area contributed by atoms with Crippen LogP contribution in [-0.2, 0) is 14.5 Å². The molecule has 0 unspecified atom stereocenters. The van der Waals surface area contributed by atoms with E-state index in [1.54, 1.807) is 0 Å². The minimum atomic E-state index is -4.42. The molecule has 0 fully saturated rings. The second-order valence-corrected chi connectivity index (χ2v) is 6.92. The van der Waals surface area contributed by atoms with Crippen molar-refractivity contribution in [1.82, 2.24) is 0 Å². The highest BCUT2D eigenvalue weighted by Crippen LogP contribution is 2.21. The van der Waals surface area contributed by atoms with Crippen LogP contribution in [-0.4, -0.2) is 51.0 Å². The Labute approximate surface area is 147 Å². The minimum absolute atomic E-state index is 0.699. The zero-order valence-electron chi connectivity index (χ0n) is 14.2. The summed E-state index contributed by atoms with van der Waals surface area (Å²) in [6, 6.07) is 0.